The Bertz CT molecular complexity index is 1090. The molecule has 1 N–H and O–H groups in total. The second-order valence-corrected chi connectivity index (χ2v) is 8.50. The summed E-state index contributed by atoms with van der Waals surface area (Å²) < 4.78 is 43.2. The molecule has 3 rings (SSSR count). The zero-order valence-electron chi connectivity index (χ0n) is 14.5. The highest BCUT2D eigenvalue weighted by atomic mass is 32.2. The maximum Gasteiger partial charge on any atom is 0.322 e. The van der Waals surface area contributed by atoms with Crippen LogP contribution in [-0.2, 0) is 9.84 Å². The van der Waals surface area contributed by atoms with Gasteiger partial charge in [0.2, 0.25) is 5.89 Å². The molecule has 3 aromatic rings. The van der Waals surface area contributed by atoms with Crippen LogP contribution in [0.15, 0.2) is 57.8 Å². The van der Waals surface area contributed by atoms with Gasteiger partial charge in [0.1, 0.15) is 5.82 Å². The molecule has 27 heavy (non-hydrogen) atoms. The highest BCUT2D eigenvalue weighted by molar-refractivity contribution is 7.92. The van der Waals surface area contributed by atoms with Crippen LogP contribution in [0.1, 0.15) is 24.2 Å². The van der Waals surface area contributed by atoms with Crippen LogP contribution in [-0.4, -0.2) is 29.8 Å². The molecule has 0 bridgehead atoms. The number of rotatable bonds is 5. The summed E-state index contributed by atoms with van der Waals surface area (Å²) in [7, 11) is -3.45. The summed E-state index contributed by atoms with van der Waals surface area (Å²) in [5.74, 6) is -1.11. The molecule has 1 heterocycles. The highest BCUT2D eigenvalue weighted by Crippen LogP contribution is 2.25. The number of sulfone groups is 1. The summed E-state index contributed by atoms with van der Waals surface area (Å²) in [4.78, 5) is 12.2. The number of hydrogen-bond acceptors (Lipinski definition) is 6. The lowest BCUT2D eigenvalue weighted by Crippen LogP contribution is -2.13. The molecule has 0 unspecified atom stereocenters. The zero-order chi connectivity index (χ0) is 19.6. The molecule has 2 aromatic carbocycles. The predicted molar refractivity (Wildman–Crippen MR) is 96.4 cm³/mol. The van der Waals surface area contributed by atoms with Gasteiger partial charge in [-0.05, 0) is 50.2 Å². The summed E-state index contributed by atoms with van der Waals surface area (Å²) in [5.41, 5.74) is 0.496. The van der Waals surface area contributed by atoms with Crippen molar-refractivity contribution in [1.82, 2.24) is 10.2 Å². The summed E-state index contributed by atoms with van der Waals surface area (Å²) >= 11 is 0. The van der Waals surface area contributed by atoms with Crippen molar-refractivity contribution in [1.29, 1.82) is 0 Å². The summed E-state index contributed by atoms with van der Waals surface area (Å²) in [6, 6.07) is 11.1. The minimum absolute atomic E-state index is 0.0466. The topological polar surface area (TPSA) is 102 Å². The van der Waals surface area contributed by atoms with Gasteiger partial charge in [-0.2, -0.15) is 0 Å². The second kappa shape index (κ2) is 7.28. The fraction of sp³-hybridized carbons (Fsp3) is 0.167. The number of amides is 1. The Kier molecular flexibility index (Phi) is 5.04. The number of aromatic nitrogens is 2. The first kappa shape index (κ1) is 18.7. The quantitative estimate of drug-likeness (QED) is 0.718. The van der Waals surface area contributed by atoms with Gasteiger partial charge in [0.05, 0.1) is 10.1 Å². The van der Waals surface area contributed by atoms with Crippen molar-refractivity contribution in [2.45, 2.75) is 24.0 Å². The lowest BCUT2D eigenvalue weighted by molar-refractivity contribution is 0.102. The van der Waals surface area contributed by atoms with Gasteiger partial charge < -0.3 is 4.42 Å². The Morgan fingerprint density at radius 1 is 1.11 bits per heavy atom. The molecule has 0 aliphatic heterocycles. The normalized spacial score (nSPS) is 11.6. The van der Waals surface area contributed by atoms with Gasteiger partial charge in [0.25, 0.3) is 5.91 Å². The van der Waals surface area contributed by atoms with Gasteiger partial charge in [-0.1, -0.05) is 17.2 Å². The molecular formula is C18H16FN3O4S. The third-order valence-corrected chi connectivity index (χ3v) is 5.91. The van der Waals surface area contributed by atoms with Gasteiger partial charge in [0, 0.05) is 11.1 Å². The molecule has 1 aromatic heterocycles. The third-order valence-electron chi connectivity index (χ3n) is 3.76. The number of carbonyl (C=O) groups is 1. The van der Waals surface area contributed by atoms with E-state index in [4.69, 9.17) is 4.42 Å². The lowest BCUT2D eigenvalue weighted by Gasteiger charge is -2.08. The summed E-state index contributed by atoms with van der Waals surface area (Å²) in [5, 5.41) is 9.34. The second-order valence-electron chi connectivity index (χ2n) is 6.00. The number of hydrogen-bond donors (Lipinski definition) is 1. The Morgan fingerprint density at radius 3 is 2.56 bits per heavy atom. The Morgan fingerprint density at radius 2 is 1.85 bits per heavy atom. The Hall–Kier alpha value is -3.07. The maximum atomic E-state index is 13.2. The SMILES string of the molecule is CC(C)S(=O)(=O)c1cccc(-c2nnc(NC(=O)c3cccc(F)c3)o2)c1. The molecule has 0 saturated carbocycles. The van der Waals surface area contributed by atoms with Gasteiger partial charge in [-0.3, -0.25) is 10.1 Å². The minimum atomic E-state index is -3.45. The average molecular weight is 389 g/mol. The van der Waals surface area contributed by atoms with E-state index in [2.05, 4.69) is 15.5 Å². The van der Waals surface area contributed by atoms with E-state index in [-0.39, 0.29) is 22.4 Å². The van der Waals surface area contributed by atoms with E-state index < -0.39 is 26.8 Å². The van der Waals surface area contributed by atoms with E-state index in [1.165, 1.54) is 30.3 Å². The van der Waals surface area contributed by atoms with Crippen molar-refractivity contribution in [3.8, 4) is 11.5 Å². The monoisotopic (exact) mass is 389 g/mol. The van der Waals surface area contributed by atoms with Crippen molar-refractivity contribution >= 4 is 21.8 Å². The standard InChI is InChI=1S/C18H16FN3O4S/c1-11(2)27(24,25)15-8-4-6-13(10-15)17-21-22-18(26-17)20-16(23)12-5-3-7-14(19)9-12/h3-11H,1-2H3,(H,20,22,23). The fourth-order valence-corrected chi connectivity index (χ4v) is 3.37. The fourth-order valence-electron chi connectivity index (χ4n) is 2.27. The van der Waals surface area contributed by atoms with Crippen LogP contribution in [0.4, 0.5) is 10.4 Å². The molecule has 0 saturated heterocycles. The van der Waals surface area contributed by atoms with Gasteiger partial charge in [-0.25, -0.2) is 12.8 Å². The third kappa shape index (κ3) is 4.03. The van der Waals surface area contributed by atoms with Gasteiger partial charge >= 0.3 is 6.01 Å². The van der Waals surface area contributed by atoms with Crippen LogP contribution >= 0.6 is 0 Å². The molecule has 0 spiro atoms. The first-order valence-electron chi connectivity index (χ1n) is 8.02. The van der Waals surface area contributed by atoms with Crippen molar-refractivity contribution < 1.29 is 22.0 Å². The van der Waals surface area contributed by atoms with Crippen LogP contribution < -0.4 is 5.32 Å². The molecule has 9 heteroatoms. The van der Waals surface area contributed by atoms with Crippen LogP contribution in [0, 0.1) is 5.82 Å². The Labute approximate surface area is 155 Å². The van der Waals surface area contributed by atoms with Crippen LogP contribution in [0.3, 0.4) is 0 Å². The minimum Gasteiger partial charge on any atom is -0.403 e. The van der Waals surface area contributed by atoms with Crippen LogP contribution in [0.2, 0.25) is 0 Å². The van der Waals surface area contributed by atoms with Gasteiger partial charge in [0.15, 0.2) is 9.84 Å². The van der Waals surface area contributed by atoms with E-state index in [0.717, 1.165) is 6.07 Å². The first-order valence-corrected chi connectivity index (χ1v) is 9.57. The average Bonchev–Trinajstić information content (AvgIpc) is 3.10. The molecule has 0 aliphatic rings. The molecule has 7 nitrogen and oxygen atoms in total. The van der Waals surface area contributed by atoms with Crippen molar-refractivity contribution in [2.75, 3.05) is 5.32 Å². The maximum absolute atomic E-state index is 13.2. The zero-order valence-corrected chi connectivity index (χ0v) is 15.3. The summed E-state index contributed by atoms with van der Waals surface area (Å²) in [6.07, 6.45) is 0. The van der Waals surface area contributed by atoms with Gasteiger partial charge in [-0.15, -0.1) is 5.10 Å². The number of nitrogens with one attached hydrogen (secondary N) is 1. The van der Waals surface area contributed by atoms with E-state index in [1.807, 2.05) is 0 Å². The molecule has 0 fully saturated rings. The number of anilines is 1. The predicted octanol–water partition coefficient (Wildman–Crippen LogP) is 3.31. The smallest absolute Gasteiger partial charge is 0.322 e. The van der Waals surface area contributed by atoms with Crippen LogP contribution in [0.5, 0.6) is 0 Å². The number of benzene rings is 2. The lowest BCUT2D eigenvalue weighted by atomic mass is 10.2. The van der Waals surface area contributed by atoms with E-state index in [1.54, 1.807) is 26.0 Å². The van der Waals surface area contributed by atoms with Crippen molar-refractivity contribution in [3.05, 3.63) is 59.9 Å². The molecule has 1 amide bonds. The first-order chi connectivity index (χ1) is 12.8. The number of carbonyl (C=O) groups excluding carboxylic acids is 1. The molecule has 140 valence electrons. The Balaban J connectivity index is 1.83. The largest absolute Gasteiger partial charge is 0.403 e. The molecule has 0 radical (unpaired) electrons. The molecular weight excluding hydrogens is 373 g/mol. The summed E-state index contributed by atoms with van der Waals surface area (Å²) in [6.45, 7) is 3.18. The molecule has 0 atom stereocenters. The van der Waals surface area contributed by atoms with Crippen molar-refractivity contribution in [2.24, 2.45) is 0 Å². The number of nitrogens with zero attached hydrogens (tertiary/aromatic N) is 2. The number of halogens is 1. The van der Waals surface area contributed by atoms with Crippen molar-refractivity contribution in [3.63, 3.8) is 0 Å². The van der Waals surface area contributed by atoms with E-state index in [9.17, 15) is 17.6 Å². The molecule has 0 aliphatic carbocycles. The highest BCUT2D eigenvalue weighted by Gasteiger charge is 2.21. The van der Waals surface area contributed by atoms with E-state index in [0.29, 0.717) is 5.56 Å². The van der Waals surface area contributed by atoms with Crippen LogP contribution in [0.25, 0.3) is 11.5 Å². The van der Waals surface area contributed by atoms with E-state index >= 15 is 0 Å².